The number of carbonyl (C=O) groups is 1. The maximum absolute atomic E-state index is 11.1. The number of amides is 1. The first-order valence-corrected chi connectivity index (χ1v) is 5.15. The molecular weight excluding hydrogens is 208 g/mol. The molecule has 0 bridgehead atoms. The SMILES string of the molecule is CCOC(=O)NC(=N)C1=C(N)C(C)(C)NC1. The molecule has 16 heavy (non-hydrogen) atoms. The molecule has 6 nitrogen and oxygen atoms in total. The third-order valence-corrected chi connectivity index (χ3v) is 2.51. The minimum Gasteiger partial charge on any atom is -0.450 e. The number of ether oxygens (including phenoxy) is 1. The Morgan fingerprint density at radius 2 is 2.31 bits per heavy atom. The van der Waals surface area contributed by atoms with Crippen LogP contribution in [0, 0.1) is 5.41 Å². The highest BCUT2D eigenvalue weighted by molar-refractivity contribution is 6.05. The molecule has 0 saturated heterocycles. The topological polar surface area (TPSA) is 100 Å². The standard InChI is InChI=1S/C10H18N4O2/c1-4-16-9(15)14-8(12)6-5-13-10(2,3)7(6)11/h13H,4-5,11H2,1-3H3,(H2,12,14,15). The van der Waals surface area contributed by atoms with Crippen molar-refractivity contribution in [1.29, 1.82) is 5.41 Å². The lowest BCUT2D eigenvalue weighted by Gasteiger charge is -2.19. The highest BCUT2D eigenvalue weighted by Gasteiger charge is 2.32. The third-order valence-electron chi connectivity index (χ3n) is 2.51. The van der Waals surface area contributed by atoms with Crippen LogP contribution in [0.1, 0.15) is 20.8 Å². The Kier molecular flexibility index (Phi) is 3.54. The van der Waals surface area contributed by atoms with Crippen molar-refractivity contribution in [3.8, 4) is 0 Å². The molecule has 0 radical (unpaired) electrons. The second-order valence-electron chi connectivity index (χ2n) is 4.09. The zero-order valence-corrected chi connectivity index (χ0v) is 9.81. The Bertz CT molecular complexity index is 347. The molecule has 0 atom stereocenters. The highest BCUT2D eigenvalue weighted by Crippen LogP contribution is 2.21. The molecule has 0 fully saturated rings. The van der Waals surface area contributed by atoms with Gasteiger partial charge in [0.1, 0.15) is 5.84 Å². The van der Waals surface area contributed by atoms with E-state index in [-0.39, 0.29) is 18.0 Å². The lowest BCUT2D eigenvalue weighted by atomic mass is 10.0. The summed E-state index contributed by atoms with van der Waals surface area (Å²) in [6.07, 6.45) is -0.627. The van der Waals surface area contributed by atoms with Crippen LogP contribution in [0.5, 0.6) is 0 Å². The Balaban J connectivity index is 2.69. The minimum atomic E-state index is -0.627. The third kappa shape index (κ3) is 2.52. The summed E-state index contributed by atoms with van der Waals surface area (Å²) in [5, 5.41) is 13.2. The fraction of sp³-hybridized carbons (Fsp3) is 0.600. The number of nitrogens with one attached hydrogen (secondary N) is 3. The van der Waals surface area contributed by atoms with Gasteiger partial charge >= 0.3 is 6.09 Å². The Morgan fingerprint density at radius 3 is 2.75 bits per heavy atom. The molecule has 1 aliphatic rings. The van der Waals surface area contributed by atoms with Gasteiger partial charge in [-0.1, -0.05) is 0 Å². The molecule has 1 rings (SSSR count). The van der Waals surface area contributed by atoms with Crippen molar-refractivity contribution in [1.82, 2.24) is 10.6 Å². The van der Waals surface area contributed by atoms with Crippen LogP contribution in [-0.4, -0.2) is 30.6 Å². The Hall–Kier alpha value is -1.56. The van der Waals surface area contributed by atoms with Gasteiger partial charge in [-0.2, -0.15) is 0 Å². The molecule has 0 aromatic rings. The van der Waals surface area contributed by atoms with E-state index in [4.69, 9.17) is 11.1 Å². The second kappa shape index (κ2) is 4.52. The van der Waals surface area contributed by atoms with Gasteiger partial charge in [0.05, 0.1) is 12.1 Å². The average molecular weight is 226 g/mol. The number of hydrogen-bond acceptors (Lipinski definition) is 5. The molecule has 6 heteroatoms. The van der Waals surface area contributed by atoms with Gasteiger partial charge in [0.25, 0.3) is 0 Å². The predicted octanol–water partition coefficient (Wildman–Crippen LogP) is 0.304. The maximum atomic E-state index is 11.1. The minimum absolute atomic E-state index is 0.00553. The van der Waals surface area contributed by atoms with Gasteiger partial charge in [0.2, 0.25) is 0 Å². The summed E-state index contributed by atoms with van der Waals surface area (Å²) in [5.41, 5.74) is 6.74. The molecule has 0 saturated carbocycles. The van der Waals surface area contributed by atoms with E-state index in [1.807, 2.05) is 13.8 Å². The highest BCUT2D eigenvalue weighted by atomic mass is 16.5. The van der Waals surface area contributed by atoms with Gasteiger partial charge in [-0.3, -0.25) is 10.7 Å². The quantitative estimate of drug-likeness (QED) is 0.402. The van der Waals surface area contributed by atoms with Crippen molar-refractivity contribution in [2.75, 3.05) is 13.2 Å². The van der Waals surface area contributed by atoms with E-state index in [1.165, 1.54) is 0 Å². The van der Waals surface area contributed by atoms with Gasteiger partial charge in [-0.15, -0.1) is 0 Å². The monoisotopic (exact) mass is 226 g/mol. The van der Waals surface area contributed by atoms with E-state index in [0.717, 1.165) is 0 Å². The molecular formula is C10H18N4O2. The maximum Gasteiger partial charge on any atom is 0.412 e. The van der Waals surface area contributed by atoms with Crippen molar-refractivity contribution < 1.29 is 9.53 Å². The second-order valence-corrected chi connectivity index (χ2v) is 4.09. The molecule has 1 amide bonds. The van der Waals surface area contributed by atoms with Crippen molar-refractivity contribution in [3.05, 3.63) is 11.3 Å². The molecule has 0 aromatic heterocycles. The number of alkyl carbamates (subject to hydrolysis) is 1. The number of amidine groups is 1. The van der Waals surface area contributed by atoms with E-state index in [2.05, 4.69) is 15.4 Å². The summed E-state index contributed by atoms with van der Waals surface area (Å²) in [6.45, 7) is 6.30. The summed E-state index contributed by atoms with van der Waals surface area (Å²) in [5.74, 6) is -0.00553. The molecule has 5 N–H and O–H groups in total. The summed E-state index contributed by atoms with van der Waals surface area (Å²) in [4.78, 5) is 11.1. The summed E-state index contributed by atoms with van der Waals surface area (Å²) in [7, 11) is 0. The number of carbonyl (C=O) groups excluding carboxylic acids is 1. The normalized spacial score (nSPS) is 18.4. The molecule has 1 aliphatic heterocycles. The van der Waals surface area contributed by atoms with Crippen molar-refractivity contribution in [2.24, 2.45) is 5.73 Å². The van der Waals surface area contributed by atoms with Crippen LogP contribution >= 0.6 is 0 Å². The molecule has 0 spiro atoms. The lowest BCUT2D eigenvalue weighted by Crippen LogP contribution is -2.38. The number of nitrogens with two attached hydrogens (primary N) is 1. The van der Waals surface area contributed by atoms with Crippen LogP contribution in [0.4, 0.5) is 4.79 Å². The number of hydrogen-bond donors (Lipinski definition) is 4. The zero-order chi connectivity index (χ0) is 12.3. The lowest BCUT2D eigenvalue weighted by molar-refractivity contribution is 0.158. The van der Waals surface area contributed by atoms with Gasteiger partial charge in [-0.25, -0.2) is 4.79 Å². The van der Waals surface area contributed by atoms with Crippen molar-refractivity contribution in [2.45, 2.75) is 26.3 Å². The first kappa shape index (κ1) is 12.5. The van der Waals surface area contributed by atoms with Crippen LogP contribution < -0.4 is 16.4 Å². The van der Waals surface area contributed by atoms with Crippen LogP contribution in [0.25, 0.3) is 0 Å². The first-order valence-electron chi connectivity index (χ1n) is 5.15. The van der Waals surface area contributed by atoms with Gasteiger partial charge in [0.15, 0.2) is 0 Å². The summed E-state index contributed by atoms with van der Waals surface area (Å²) < 4.78 is 4.68. The van der Waals surface area contributed by atoms with Crippen LogP contribution in [0.2, 0.25) is 0 Å². The smallest absolute Gasteiger partial charge is 0.412 e. The first-order chi connectivity index (χ1) is 7.38. The molecule has 0 unspecified atom stereocenters. The molecule has 90 valence electrons. The van der Waals surface area contributed by atoms with E-state index in [1.54, 1.807) is 6.92 Å². The summed E-state index contributed by atoms with van der Waals surface area (Å²) >= 11 is 0. The Morgan fingerprint density at radius 1 is 1.69 bits per heavy atom. The fourth-order valence-electron chi connectivity index (χ4n) is 1.44. The molecule has 0 aliphatic carbocycles. The summed E-state index contributed by atoms with van der Waals surface area (Å²) in [6, 6.07) is 0. The van der Waals surface area contributed by atoms with Gasteiger partial charge in [0, 0.05) is 17.8 Å². The van der Waals surface area contributed by atoms with Gasteiger partial charge < -0.3 is 15.8 Å². The Labute approximate surface area is 94.7 Å². The fourth-order valence-corrected chi connectivity index (χ4v) is 1.44. The van der Waals surface area contributed by atoms with Crippen LogP contribution in [0.15, 0.2) is 11.3 Å². The molecule has 0 aromatic carbocycles. The predicted molar refractivity (Wildman–Crippen MR) is 61.2 cm³/mol. The zero-order valence-electron chi connectivity index (χ0n) is 9.81. The van der Waals surface area contributed by atoms with Crippen LogP contribution in [-0.2, 0) is 4.74 Å². The number of rotatable bonds is 2. The average Bonchev–Trinajstić information content (AvgIpc) is 2.42. The van der Waals surface area contributed by atoms with Crippen LogP contribution in [0.3, 0.4) is 0 Å². The molecule has 1 heterocycles. The van der Waals surface area contributed by atoms with Crippen molar-refractivity contribution in [3.63, 3.8) is 0 Å². The van der Waals surface area contributed by atoms with Gasteiger partial charge in [-0.05, 0) is 20.8 Å². The van der Waals surface area contributed by atoms with E-state index < -0.39 is 6.09 Å². The van der Waals surface area contributed by atoms with E-state index >= 15 is 0 Å². The van der Waals surface area contributed by atoms with E-state index in [9.17, 15) is 4.79 Å². The largest absolute Gasteiger partial charge is 0.450 e. The van der Waals surface area contributed by atoms with E-state index in [0.29, 0.717) is 17.8 Å². The van der Waals surface area contributed by atoms with Crippen molar-refractivity contribution >= 4 is 11.9 Å².